The van der Waals surface area contributed by atoms with E-state index in [1.165, 1.54) is 13.8 Å². The molecular formula is C9H16N4O6. The number of hydrogen-bond donors (Lipinski definition) is 4. The van der Waals surface area contributed by atoms with Crippen molar-refractivity contribution in [3.05, 3.63) is 0 Å². The van der Waals surface area contributed by atoms with Crippen molar-refractivity contribution in [1.29, 1.82) is 0 Å². The summed E-state index contributed by atoms with van der Waals surface area (Å²) in [6.07, 6.45) is 0. The van der Waals surface area contributed by atoms with E-state index in [0.29, 0.717) is 0 Å². The lowest BCUT2D eigenvalue weighted by Crippen LogP contribution is -2.46. The smallest absolute Gasteiger partial charge is 0.318 e. The molecule has 0 unspecified atom stereocenters. The van der Waals surface area contributed by atoms with E-state index < -0.39 is 24.0 Å². The van der Waals surface area contributed by atoms with Gasteiger partial charge in [0.2, 0.25) is 0 Å². The van der Waals surface area contributed by atoms with Gasteiger partial charge in [0.1, 0.15) is 0 Å². The Morgan fingerprint density at radius 1 is 0.737 bits per heavy atom. The van der Waals surface area contributed by atoms with Crippen LogP contribution >= 0.6 is 0 Å². The van der Waals surface area contributed by atoms with Gasteiger partial charge in [-0.2, -0.15) is 0 Å². The fourth-order valence-corrected chi connectivity index (χ4v) is 0.736. The minimum absolute atomic E-state index is 0.155. The molecule has 0 atom stereocenters. The molecule has 0 bridgehead atoms. The Bertz CT molecular complexity index is 314. The van der Waals surface area contributed by atoms with Gasteiger partial charge in [-0.25, -0.2) is 9.59 Å². The highest BCUT2D eigenvalue weighted by molar-refractivity contribution is 5.76. The molecule has 0 saturated heterocycles. The molecule has 0 aromatic carbocycles. The molecule has 0 aromatic heterocycles. The minimum atomic E-state index is -0.624. The normalized spacial score (nSPS) is 8.95. The van der Waals surface area contributed by atoms with Crippen molar-refractivity contribution in [2.75, 3.05) is 20.1 Å². The average Bonchev–Trinajstić information content (AvgIpc) is 2.27. The molecule has 0 spiro atoms. The molecule has 0 fully saturated rings. The first-order chi connectivity index (χ1) is 8.91. The van der Waals surface area contributed by atoms with Gasteiger partial charge in [0, 0.05) is 13.8 Å². The topological polar surface area (TPSA) is 135 Å². The highest BCUT2D eigenvalue weighted by Crippen LogP contribution is 1.73. The number of nitrogens with one attached hydrogen (secondary N) is 4. The lowest BCUT2D eigenvalue weighted by atomic mass is 10.8. The molecule has 0 saturated carbocycles. The molecule has 10 heteroatoms. The van der Waals surface area contributed by atoms with Crippen LogP contribution in [0.5, 0.6) is 0 Å². The maximum atomic E-state index is 11.1. The summed E-state index contributed by atoms with van der Waals surface area (Å²) in [5, 5.41) is 8.95. The average molecular weight is 276 g/mol. The van der Waals surface area contributed by atoms with E-state index in [1.54, 1.807) is 0 Å². The van der Waals surface area contributed by atoms with Crippen LogP contribution in [-0.4, -0.2) is 44.1 Å². The molecule has 0 aliphatic carbocycles. The van der Waals surface area contributed by atoms with Crippen LogP contribution in [0.1, 0.15) is 13.8 Å². The molecule has 4 N–H and O–H groups in total. The summed E-state index contributed by atoms with van der Waals surface area (Å²) in [5.41, 5.74) is 0. The Hall–Kier alpha value is -2.52. The van der Waals surface area contributed by atoms with Crippen molar-refractivity contribution in [3.63, 3.8) is 0 Å². The molecule has 19 heavy (non-hydrogen) atoms. The van der Waals surface area contributed by atoms with Gasteiger partial charge in [0.25, 0.3) is 0 Å². The molecule has 0 radical (unpaired) electrons. The van der Waals surface area contributed by atoms with E-state index in [1.807, 2.05) is 0 Å². The zero-order valence-corrected chi connectivity index (χ0v) is 10.6. The summed E-state index contributed by atoms with van der Waals surface area (Å²) in [4.78, 5) is 42.9. The third-order valence-corrected chi connectivity index (χ3v) is 1.51. The fourth-order valence-electron chi connectivity index (χ4n) is 0.736. The number of carbonyl (C=O) groups excluding carboxylic acids is 4. The highest BCUT2D eigenvalue weighted by atomic mass is 16.5. The first-order valence-electron chi connectivity index (χ1n) is 5.22. The summed E-state index contributed by atoms with van der Waals surface area (Å²) >= 11 is 0. The number of hydrogen-bond acceptors (Lipinski definition) is 6. The first kappa shape index (κ1) is 16.5. The third kappa shape index (κ3) is 11.7. The lowest BCUT2D eigenvalue weighted by Gasteiger charge is -2.09. The Morgan fingerprint density at radius 3 is 1.42 bits per heavy atom. The van der Waals surface area contributed by atoms with E-state index in [2.05, 4.69) is 30.7 Å². The van der Waals surface area contributed by atoms with Crippen molar-refractivity contribution >= 4 is 24.0 Å². The van der Waals surface area contributed by atoms with E-state index in [0.717, 1.165) is 0 Å². The number of amides is 4. The number of esters is 2. The van der Waals surface area contributed by atoms with Crippen molar-refractivity contribution in [3.8, 4) is 0 Å². The van der Waals surface area contributed by atoms with Gasteiger partial charge in [-0.1, -0.05) is 0 Å². The number of carbonyl (C=O) groups is 4. The molecule has 0 aliphatic heterocycles. The minimum Gasteiger partial charge on any atom is -0.445 e. The third-order valence-electron chi connectivity index (χ3n) is 1.51. The van der Waals surface area contributed by atoms with E-state index in [-0.39, 0.29) is 20.1 Å². The van der Waals surface area contributed by atoms with Crippen LogP contribution in [0.2, 0.25) is 0 Å². The molecule has 108 valence electrons. The molecule has 0 aliphatic rings. The zero-order chi connectivity index (χ0) is 14.7. The molecular weight excluding hydrogens is 260 g/mol. The summed E-state index contributed by atoms with van der Waals surface area (Å²) in [6.45, 7) is 1.72. The summed E-state index contributed by atoms with van der Waals surface area (Å²) < 4.78 is 8.91. The van der Waals surface area contributed by atoms with Gasteiger partial charge in [-0.3, -0.25) is 9.59 Å². The van der Waals surface area contributed by atoms with Gasteiger partial charge in [0.15, 0.2) is 13.5 Å². The first-order valence-corrected chi connectivity index (χ1v) is 5.22. The predicted octanol–water partition coefficient (Wildman–Crippen LogP) is -1.42. The van der Waals surface area contributed by atoms with Crippen molar-refractivity contribution in [2.45, 2.75) is 13.8 Å². The summed E-state index contributed by atoms with van der Waals surface area (Å²) in [7, 11) is 0. The van der Waals surface area contributed by atoms with Gasteiger partial charge in [0.05, 0.1) is 6.67 Å². The second-order valence-corrected chi connectivity index (χ2v) is 3.10. The Kier molecular flexibility index (Phi) is 8.24. The van der Waals surface area contributed by atoms with Crippen molar-refractivity contribution < 1.29 is 28.7 Å². The number of ether oxygens (including phenoxy) is 2. The van der Waals surface area contributed by atoms with Crippen LogP contribution < -0.4 is 21.3 Å². The van der Waals surface area contributed by atoms with Crippen LogP contribution in [0.25, 0.3) is 0 Å². The van der Waals surface area contributed by atoms with Crippen molar-refractivity contribution in [2.24, 2.45) is 0 Å². The lowest BCUT2D eigenvalue weighted by molar-refractivity contribution is -0.142. The quantitative estimate of drug-likeness (QED) is 0.347. The molecule has 10 nitrogen and oxygen atoms in total. The monoisotopic (exact) mass is 276 g/mol. The maximum Gasteiger partial charge on any atom is 0.318 e. The second kappa shape index (κ2) is 9.50. The van der Waals surface area contributed by atoms with Crippen LogP contribution in [0.3, 0.4) is 0 Å². The molecule has 0 aromatic rings. The molecule has 4 amide bonds. The van der Waals surface area contributed by atoms with Gasteiger partial charge >= 0.3 is 24.0 Å². The number of rotatable bonds is 6. The maximum absolute atomic E-state index is 11.1. The van der Waals surface area contributed by atoms with E-state index in [9.17, 15) is 19.2 Å². The van der Waals surface area contributed by atoms with Crippen LogP contribution in [0.4, 0.5) is 9.59 Å². The largest absolute Gasteiger partial charge is 0.445 e. The van der Waals surface area contributed by atoms with Gasteiger partial charge in [-0.15, -0.1) is 0 Å². The van der Waals surface area contributed by atoms with Crippen molar-refractivity contribution in [1.82, 2.24) is 21.3 Å². The SMILES string of the molecule is CC(=O)OCNC(=O)NCNC(=O)NCOC(C)=O. The van der Waals surface area contributed by atoms with Crippen LogP contribution in [-0.2, 0) is 19.1 Å². The predicted molar refractivity (Wildman–Crippen MR) is 61.5 cm³/mol. The van der Waals surface area contributed by atoms with Gasteiger partial charge in [-0.05, 0) is 0 Å². The standard InChI is InChI=1S/C9H16N4O6/c1-6(14)18-4-12-8(16)10-3-11-9(17)13-5-19-7(2)15/h3-5H2,1-2H3,(H2,10,12,16)(H2,11,13,17). The zero-order valence-electron chi connectivity index (χ0n) is 10.6. The van der Waals surface area contributed by atoms with Gasteiger partial charge < -0.3 is 30.7 Å². The summed E-state index contributed by atoms with van der Waals surface area (Å²) in [5.74, 6) is -1.05. The second-order valence-electron chi connectivity index (χ2n) is 3.10. The Labute approximate surface area is 109 Å². The van der Waals surface area contributed by atoms with E-state index >= 15 is 0 Å². The van der Waals surface area contributed by atoms with E-state index in [4.69, 9.17) is 0 Å². The van der Waals surface area contributed by atoms with Crippen LogP contribution in [0.15, 0.2) is 0 Å². The van der Waals surface area contributed by atoms with Crippen LogP contribution in [0, 0.1) is 0 Å². The Morgan fingerprint density at radius 2 is 1.11 bits per heavy atom. The fraction of sp³-hybridized carbons (Fsp3) is 0.556. The Balaban J connectivity index is 3.50. The summed E-state index contributed by atoms with van der Waals surface area (Å²) in [6, 6.07) is -1.25. The molecule has 0 heterocycles. The highest BCUT2D eigenvalue weighted by Gasteiger charge is 2.02. The molecule has 0 rings (SSSR count). The number of urea groups is 2.